The molecule has 1 heterocycles. The third-order valence-corrected chi connectivity index (χ3v) is 4.45. The molecule has 2 aromatic carbocycles. The molecule has 3 N–H and O–H groups in total. The second-order valence-electron chi connectivity index (χ2n) is 6.54. The second-order valence-corrected chi connectivity index (χ2v) is 6.54. The number of nitrogens with zero attached hydrogens (tertiary/aromatic N) is 2. The first-order chi connectivity index (χ1) is 13.0. The molecular weight excluding hydrogens is 350 g/mol. The fourth-order valence-electron chi connectivity index (χ4n) is 3.17. The molecule has 3 rings (SSSR count). The van der Waals surface area contributed by atoms with Crippen LogP contribution in [-0.2, 0) is 6.54 Å². The van der Waals surface area contributed by atoms with Crippen molar-refractivity contribution in [1.29, 1.82) is 0 Å². The van der Waals surface area contributed by atoms with E-state index < -0.39 is 11.6 Å². The van der Waals surface area contributed by atoms with Gasteiger partial charge in [-0.3, -0.25) is 0 Å². The van der Waals surface area contributed by atoms with Crippen LogP contribution in [0.4, 0.5) is 14.5 Å². The van der Waals surface area contributed by atoms with Crippen LogP contribution in [0.15, 0.2) is 47.5 Å². The van der Waals surface area contributed by atoms with E-state index in [1.165, 1.54) is 12.1 Å². The van der Waals surface area contributed by atoms with Crippen molar-refractivity contribution in [2.24, 2.45) is 4.99 Å². The van der Waals surface area contributed by atoms with Crippen molar-refractivity contribution in [1.82, 2.24) is 10.6 Å². The first-order valence-electron chi connectivity index (χ1n) is 9.08. The fourth-order valence-corrected chi connectivity index (χ4v) is 3.17. The predicted molar refractivity (Wildman–Crippen MR) is 103 cm³/mol. The van der Waals surface area contributed by atoms with Gasteiger partial charge in [0.15, 0.2) is 5.96 Å². The Morgan fingerprint density at radius 1 is 1.26 bits per heavy atom. The Bertz CT molecular complexity index is 812. The number of nitrogens with one attached hydrogen (secondary N) is 2. The van der Waals surface area contributed by atoms with Gasteiger partial charge < -0.3 is 20.6 Å². The van der Waals surface area contributed by atoms with E-state index in [0.29, 0.717) is 31.3 Å². The van der Waals surface area contributed by atoms with E-state index in [-0.39, 0.29) is 11.8 Å². The summed E-state index contributed by atoms with van der Waals surface area (Å²) in [7, 11) is 0. The van der Waals surface area contributed by atoms with Crippen molar-refractivity contribution >= 4 is 11.6 Å². The summed E-state index contributed by atoms with van der Waals surface area (Å²) in [6.07, 6.45) is 0.827. The number of aliphatic imine (C=N–C) groups is 1. The number of halogens is 2. The first-order valence-corrected chi connectivity index (χ1v) is 9.08. The molecule has 0 radical (unpaired) electrons. The molecule has 27 heavy (non-hydrogen) atoms. The number of phenolic OH excluding ortho intramolecular Hbond substituents is 1. The minimum atomic E-state index is -0.571. The minimum absolute atomic E-state index is 0.108. The van der Waals surface area contributed by atoms with Crippen LogP contribution in [0.2, 0.25) is 0 Å². The molecule has 1 aliphatic heterocycles. The van der Waals surface area contributed by atoms with Crippen LogP contribution in [0.5, 0.6) is 5.75 Å². The zero-order valence-corrected chi connectivity index (χ0v) is 15.3. The lowest BCUT2D eigenvalue weighted by Gasteiger charge is -2.21. The van der Waals surface area contributed by atoms with Gasteiger partial charge in [0.25, 0.3) is 0 Å². The lowest BCUT2D eigenvalue weighted by Crippen LogP contribution is -2.44. The van der Waals surface area contributed by atoms with Gasteiger partial charge in [-0.05, 0) is 43.2 Å². The largest absolute Gasteiger partial charge is 0.508 e. The predicted octanol–water partition coefficient (Wildman–Crippen LogP) is 3.00. The molecule has 0 amide bonds. The molecular formula is C20H24F2N4O. The number of guanidine groups is 1. The molecule has 2 aromatic rings. The quantitative estimate of drug-likeness (QED) is 0.556. The summed E-state index contributed by atoms with van der Waals surface area (Å²) < 4.78 is 27.1. The molecule has 1 unspecified atom stereocenters. The molecule has 0 bridgehead atoms. The number of hydrogen-bond donors (Lipinski definition) is 3. The highest BCUT2D eigenvalue weighted by Crippen LogP contribution is 2.24. The smallest absolute Gasteiger partial charge is 0.191 e. The summed E-state index contributed by atoms with van der Waals surface area (Å²) >= 11 is 0. The van der Waals surface area contributed by atoms with Crippen molar-refractivity contribution in [2.75, 3.05) is 24.5 Å². The minimum Gasteiger partial charge on any atom is -0.508 e. The van der Waals surface area contributed by atoms with Crippen LogP contribution in [0, 0.1) is 11.6 Å². The molecule has 1 fully saturated rings. The van der Waals surface area contributed by atoms with Gasteiger partial charge in [0.05, 0.1) is 12.2 Å². The van der Waals surface area contributed by atoms with Gasteiger partial charge in [0.1, 0.15) is 17.4 Å². The van der Waals surface area contributed by atoms with Crippen LogP contribution in [0.25, 0.3) is 0 Å². The van der Waals surface area contributed by atoms with Gasteiger partial charge in [-0.2, -0.15) is 0 Å². The summed E-state index contributed by atoms with van der Waals surface area (Å²) in [6.45, 7) is 4.44. The molecule has 0 aromatic heterocycles. The molecule has 7 heteroatoms. The third kappa shape index (κ3) is 5.09. The van der Waals surface area contributed by atoms with Crippen molar-refractivity contribution in [3.05, 3.63) is 59.7 Å². The van der Waals surface area contributed by atoms with Crippen LogP contribution in [-0.4, -0.2) is 36.7 Å². The highest BCUT2D eigenvalue weighted by atomic mass is 19.1. The first kappa shape index (κ1) is 18.9. The van der Waals surface area contributed by atoms with Crippen LogP contribution in [0.1, 0.15) is 18.9 Å². The summed E-state index contributed by atoms with van der Waals surface area (Å²) in [6, 6.07) is 10.8. The van der Waals surface area contributed by atoms with Crippen LogP contribution < -0.4 is 15.5 Å². The Morgan fingerprint density at radius 3 is 2.85 bits per heavy atom. The van der Waals surface area contributed by atoms with Crippen molar-refractivity contribution in [2.45, 2.75) is 25.9 Å². The molecule has 5 nitrogen and oxygen atoms in total. The lowest BCUT2D eigenvalue weighted by molar-refractivity contribution is 0.474. The van der Waals surface area contributed by atoms with Gasteiger partial charge in [0, 0.05) is 31.7 Å². The van der Waals surface area contributed by atoms with Crippen molar-refractivity contribution in [3.8, 4) is 5.75 Å². The summed E-state index contributed by atoms with van der Waals surface area (Å²) in [4.78, 5) is 6.46. The number of benzene rings is 2. The average molecular weight is 374 g/mol. The Hall–Kier alpha value is -2.83. The van der Waals surface area contributed by atoms with E-state index in [0.717, 1.165) is 24.6 Å². The van der Waals surface area contributed by atoms with E-state index in [4.69, 9.17) is 0 Å². The Kier molecular flexibility index (Phi) is 6.11. The van der Waals surface area contributed by atoms with Crippen molar-refractivity contribution < 1.29 is 13.9 Å². The summed E-state index contributed by atoms with van der Waals surface area (Å²) in [5.74, 6) is -0.223. The van der Waals surface area contributed by atoms with E-state index in [1.807, 2.05) is 17.9 Å². The van der Waals surface area contributed by atoms with Crippen LogP contribution in [0.3, 0.4) is 0 Å². The summed E-state index contributed by atoms with van der Waals surface area (Å²) in [5.41, 5.74) is 1.33. The highest BCUT2D eigenvalue weighted by Gasteiger charge is 2.25. The fraction of sp³-hybridized carbons (Fsp3) is 0.350. The van der Waals surface area contributed by atoms with E-state index in [2.05, 4.69) is 15.6 Å². The van der Waals surface area contributed by atoms with E-state index >= 15 is 0 Å². The lowest BCUT2D eigenvalue weighted by atomic mass is 10.2. The van der Waals surface area contributed by atoms with Gasteiger partial charge >= 0.3 is 0 Å². The number of anilines is 1. The van der Waals surface area contributed by atoms with E-state index in [9.17, 15) is 13.9 Å². The SMILES string of the molecule is CCNC(=NCc1cccc(O)c1)NC1CCN(c2ccc(F)cc2F)C1. The van der Waals surface area contributed by atoms with Gasteiger partial charge in [-0.1, -0.05) is 12.1 Å². The zero-order chi connectivity index (χ0) is 19.2. The Balaban J connectivity index is 1.62. The Morgan fingerprint density at radius 2 is 2.11 bits per heavy atom. The summed E-state index contributed by atoms with van der Waals surface area (Å²) in [5, 5.41) is 16.1. The number of hydrogen-bond acceptors (Lipinski definition) is 3. The molecule has 1 aliphatic rings. The monoisotopic (exact) mass is 374 g/mol. The highest BCUT2D eigenvalue weighted by molar-refractivity contribution is 5.80. The van der Waals surface area contributed by atoms with Crippen LogP contribution >= 0.6 is 0 Å². The molecule has 0 spiro atoms. The van der Waals surface area contributed by atoms with Gasteiger partial charge in [-0.25, -0.2) is 13.8 Å². The maximum absolute atomic E-state index is 14.0. The number of phenols is 1. The second kappa shape index (κ2) is 8.70. The number of aromatic hydroxyl groups is 1. The molecule has 0 aliphatic carbocycles. The third-order valence-electron chi connectivity index (χ3n) is 4.45. The molecule has 1 saturated heterocycles. The maximum Gasteiger partial charge on any atom is 0.191 e. The van der Waals surface area contributed by atoms with Gasteiger partial charge in [-0.15, -0.1) is 0 Å². The molecule has 1 atom stereocenters. The van der Waals surface area contributed by atoms with E-state index in [1.54, 1.807) is 18.2 Å². The standard InChI is InChI=1S/C20H24F2N4O/c1-2-23-20(24-12-14-4-3-5-17(27)10-14)25-16-8-9-26(13-16)19-7-6-15(21)11-18(19)22/h3-7,10-11,16,27H,2,8-9,12-13H2,1H3,(H2,23,24,25). The van der Waals surface area contributed by atoms with Gasteiger partial charge in [0.2, 0.25) is 0 Å². The molecule has 144 valence electrons. The number of rotatable bonds is 5. The maximum atomic E-state index is 14.0. The Labute approximate surface area is 157 Å². The zero-order valence-electron chi connectivity index (χ0n) is 15.3. The topological polar surface area (TPSA) is 59.9 Å². The normalized spacial score (nSPS) is 17.2. The van der Waals surface area contributed by atoms with Crippen molar-refractivity contribution in [3.63, 3.8) is 0 Å². The molecule has 0 saturated carbocycles. The average Bonchev–Trinajstić information content (AvgIpc) is 3.08.